The molecule has 0 fully saturated rings. The number of aromatic hydroxyl groups is 1. The molecule has 84 valence electrons. The van der Waals surface area contributed by atoms with E-state index in [2.05, 4.69) is 18.7 Å². The fourth-order valence-corrected chi connectivity index (χ4v) is 1.54. The van der Waals surface area contributed by atoms with E-state index in [1.807, 2.05) is 14.0 Å². The monoisotopic (exact) mass is 211 g/mol. The Kier molecular flexibility index (Phi) is 3.69. The molecule has 0 heterocycles. The van der Waals surface area contributed by atoms with Crippen molar-refractivity contribution in [2.45, 2.75) is 32.9 Å². The maximum absolute atomic E-state index is 12.8. The van der Waals surface area contributed by atoms with Crippen LogP contribution in [0.2, 0.25) is 0 Å². The van der Waals surface area contributed by atoms with Gasteiger partial charge >= 0.3 is 0 Å². The Morgan fingerprint density at radius 2 is 1.87 bits per heavy atom. The number of phenols is 1. The molecule has 1 aromatic carbocycles. The lowest BCUT2D eigenvalue weighted by Crippen LogP contribution is -2.29. The highest BCUT2D eigenvalue weighted by molar-refractivity contribution is 5.34. The number of rotatable bonds is 3. The summed E-state index contributed by atoms with van der Waals surface area (Å²) in [6.45, 7) is 6.15. The van der Waals surface area contributed by atoms with Crippen LogP contribution >= 0.6 is 0 Å². The van der Waals surface area contributed by atoms with E-state index in [1.165, 1.54) is 6.07 Å². The van der Waals surface area contributed by atoms with E-state index in [-0.39, 0.29) is 11.8 Å². The lowest BCUT2D eigenvalue weighted by Gasteiger charge is -2.29. The second-order valence-corrected chi connectivity index (χ2v) is 4.14. The zero-order chi connectivity index (χ0) is 11.6. The van der Waals surface area contributed by atoms with Crippen LogP contribution < -0.4 is 0 Å². The summed E-state index contributed by atoms with van der Waals surface area (Å²) in [5.41, 5.74) is 0.757. The molecule has 0 aliphatic heterocycles. The molecule has 1 unspecified atom stereocenters. The standard InChI is InChI=1S/C12H18FNO/c1-8(2)14(4)9(3)11-6-5-10(13)7-12(11)15/h5-9,15H,1-4H3. The molecule has 1 aromatic rings. The van der Waals surface area contributed by atoms with Crippen molar-refractivity contribution in [1.82, 2.24) is 4.90 Å². The third kappa shape index (κ3) is 2.69. The fourth-order valence-electron chi connectivity index (χ4n) is 1.54. The zero-order valence-electron chi connectivity index (χ0n) is 9.66. The quantitative estimate of drug-likeness (QED) is 0.831. The van der Waals surface area contributed by atoms with Crippen LogP contribution in [-0.2, 0) is 0 Å². The first-order valence-corrected chi connectivity index (χ1v) is 5.13. The number of hydrogen-bond acceptors (Lipinski definition) is 2. The van der Waals surface area contributed by atoms with E-state index in [0.717, 1.165) is 11.6 Å². The van der Waals surface area contributed by atoms with Crippen molar-refractivity contribution in [2.24, 2.45) is 0 Å². The molecule has 1 rings (SSSR count). The van der Waals surface area contributed by atoms with Crippen molar-refractivity contribution in [3.63, 3.8) is 0 Å². The molecule has 0 saturated carbocycles. The van der Waals surface area contributed by atoms with E-state index in [1.54, 1.807) is 6.07 Å². The topological polar surface area (TPSA) is 23.5 Å². The number of nitrogens with zero attached hydrogens (tertiary/aromatic N) is 1. The lowest BCUT2D eigenvalue weighted by atomic mass is 10.0. The predicted molar refractivity (Wildman–Crippen MR) is 59.4 cm³/mol. The normalized spacial score (nSPS) is 13.5. The van der Waals surface area contributed by atoms with Crippen LogP contribution in [0.5, 0.6) is 5.75 Å². The maximum atomic E-state index is 12.8. The Morgan fingerprint density at radius 1 is 1.27 bits per heavy atom. The van der Waals surface area contributed by atoms with Crippen molar-refractivity contribution in [3.05, 3.63) is 29.6 Å². The molecule has 0 bridgehead atoms. The van der Waals surface area contributed by atoms with Gasteiger partial charge in [0.05, 0.1) is 0 Å². The van der Waals surface area contributed by atoms with Crippen molar-refractivity contribution in [2.75, 3.05) is 7.05 Å². The van der Waals surface area contributed by atoms with Crippen LogP contribution in [0.25, 0.3) is 0 Å². The van der Waals surface area contributed by atoms with Gasteiger partial charge in [-0.15, -0.1) is 0 Å². The fraction of sp³-hybridized carbons (Fsp3) is 0.500. The number of halogens is 1. The van der Waals surface area contributed by atoms with Gasteiger partial charge in [0.2, 0.25) is 0 Å². The van der Waals surface area contributed by atoms with Crippen molar-refractivity contribution in [3.8, 4) is 5.75 Å². The van der Waals surface area contributed by atoms with Gasteiger partial charge in [0.25, 0.3) is 0 Å². The highest BCUT2D eigenvalue weighted by atomic mass is 19.1. The second kappa shape index (κ2) is 4.62. The van der Waals surface area contributed by atoms with E-state index in [0.29, 0.717) is 6.04 Å². The van der Waals surface area contributed by atoms with E-state index in [9.17, 15) is 9.50 Å². The summed E-state index contributed by atoms with van der Waals surface area (Å²) in [6.07, 6.45) is 0. The van der Waals surface area contributed by atoms with Gasteiger partial charge in [-0.2, -0.15) is 0 Å². The molecular weight excluding hydrogens is 193 g/mol. The van der Waals surface area contributed by atoms with Gasteiger partial charge < -0.3 is 5.11 Å². The number of benzene rings is 1. The Balaban J connectivity index is 2.96. The summed E-state index contributed by atoms with van der Waals surface area (Å²) < 4.78 is 12.8. The molecule has 0 saturated heterocycles. The van der Waals surface area contributed by atoms with Gasteiger partial charge in [-0.1, -0.05) is 6.07 Å². The van der Waals surface area contributed by atoms with Gasteiger partial charge in [-0.05, 0) is 33.9 Å². The summed E-state index contributed by atoms with van der Waals surface area (Å²) in [4.78, 5) is 2.12. The largest absolute Gasteiger partial charge is 0.508 e. The van der Waals surface area contributed by atoms with Crippen LogP contribution in [0.3, 0.4) is 0 Å². The first-order valence-electron chi connectivity index (χ1n) is 5.13. The summed E-state index contributed by atoms with van der Waals surface area (Å²) >= 11 is 0. The minimum atomic E-state index is -0.407. The van der Waals surface area contributed by atoms with Gasteiger partial charge in [0, 0.05) is 23.7 Å². The third-order valence-corrected chi connectivity index (χ3v) is 2.87. The Hall–Kier alpha value is -1.09. The van der Waals surface area contributed by atoms with Crippen LogP contribution in [0.15, 0.2) is 18.2 Å². The van der Waals surface area contributed by atoms with Gasteiger partial charge in [0.15, 0.2) is 0 Å². The molecule has 0 aliphatic carbocycles. The van der Waals surface area contributed by atoms with Crippen molar-refractivity contribution < 1.29 is 9.50 Å². The highest BCUT2D eigenvalue weighted by Crippen LogP contribution is 2.28. The van der Waals surface area contributed by atoms with Crippen LogP contribution in [0.1, 0.15) is 32.4 Å². The molecule has 1 N–H and O–H groups in total. The lowest BCUT2D eigenvalue weighted by molar-refractivity contribution is 0.207. The minimum absolute atomic E-state index is 0.0231. The maximum Gasteiger partial charge on any atom is 0.126 e. The highest BCUT2D eigenvalue weighted by Gasteiger charge is 2.17. The average Bonchev–Trinajstić information content (AvgIpc) is 2.15. The van der Waals surface area contributed by atoms with Crippen molar-refractivity contribution >= 4 is 0 Å². The molecule has 0 amide bonds. The van der Waals surface area contributed by atoms with Gasteiger partial charge in [-0.25, -0.2) is 4.39 Å². The summed E-state index contributed by atoms with van der Waals surface area (Å²) in [5.74, 6) is -0.384. The summed E-state index contributed by atoms with van der Waals surface area (Å²) in [6, 6.07) is 4.61. The Labute approximate surface area is 90.3 Å². The van der Waals surface area contributed by atoms with Crippen LogP contribution in [0.4, 0.5) is 4.39 Å². The number of hydrogen-bond donors (Lipinski definition) is 1. The third-order valence-electron chi connectivity index (χ3n) is 2.87. The van der Waals surface area contributed by atoms with Crippen LogP contribution in [0, 0.1) is 5.82 Å². The molecule has 2 nitrogen and oxygen atoms in total. The second-order valence-electron chi connectivity index (χ2n) is 4.14. The molecule has 15 heavy (non-hydrogen) atoms. The first-order chi connectivity index (χ1) is 6.93. The summed E-state index contributed by atoms with van der Waals surface area (Å²) in [7, 11) is 1.98. The van der Waals surface area contributed by atoms with Gasteiger partial charge in [-0.3, -0.25) is 4.90 Å². The zero-order valence-corrected chi connectivity index (χ0v) is 9.66. The SMILES string of the molecule is CC(C)N(C)C(C)c1ccc(F)cc1O. The molecule has 0 radical (unpaired) electrons. The molecule has 0 aromatic heterocycles. The van der Waals surface area contributed by atoms with Crippen molar-refractivity contribution in [1.29, 1.82) is 0 Å². The molecular formula is C12H18FNO. The first kappa shape index (κ1) is 12.0. The Morgan fingerprint density at radius 3 is 2.33 bits per heavy atom. The van der Waals surface area contributed by atoms with E-state index < -0.39 is 5.82 Å². The molecule has 1 atom stereocenters. The summed E-state index contributed by atoms with van der Waals surface area (Å²) in [5, 5.41) is 9.63. The smallest absolute Gasteiger partial charge is 0.126 e. The molecule has 0 aliphatic rings. The van der Waals surface area contributed by atoms with E-state index in [4.69, 9.17) is 0 Å². The molecule has 3 heteroatoms. The van der Waals surface area contributed by atoms with E-state index >= 15 is 0 Å². The number of phenolic OH excluding ortho intramolecular Hbond substituents is 1. The van der Waals surface area contributed by atoms with Gasteiger partial charge in [0.1, 0.15) is 11.6 Å². The Bertz CT molecular complexity index is 338. The van der Waals surface area contributed by atoms with Crippen LogP contribution in [-0.4, -0.2) is 23.1 Å². The molecule has 0 spiro atoms. The predicted octanol–water partition coefficient (Wildman–Crippen LogP) is 2.93. The average molecular weight is 211 g/mol. The minimum Gasteiger partial charge on any atom is -0.508 e.